The molecule has 0 aromatic carbocycles. The standard InChI is InChI=1S/C10H11N3O3/c11-8(4-7-5-12-6-13-7)10(14)16-9-2-1-3-15-9/h1-3,5-6,8H,4,11H2,(H,12,13)/t8-/m0/s1. The van der Waals surface area contributed by atoms with Crippen LogP contribution >= 0.6 is 0 Å². The van der Waals surface area contributed by atoms with Crippen molar-refractivity contribution < 1.29 is 13.9 Å². The van der Waals surface area contributed by atoms with Crippen LogP contribution in [0.2, 0.25) is 0 Å². The number of esters is 1. The highest BCUT2D eigenvalue weighted by molar-refractivity contribution is 5.77. The summed E-state index contributed by atoms with van der Waals surface area (Å²) in [6.45, 7) is 0. The van der Waals surface area contributed by atoms with Crippen LogP contribution in [0, 0.1) is 0 Å². The smallest absolute Gasteiger partial charge is 0.331 e. The van der Waals surface area contributed by atoms with E-state index in [0.717, 1.165) is 5.69 Å². The van der Waals surface area contributed by atoms with Gasteiger partial charge in [0.15, 0.2) is 0 Å². The average molecular weight is 221 g/mol. The molecule has 2 aromatic rings. The van der Waals surface area contributed by atoms with Crippen LogP contribution in [0.4, 0.5) is 0 Å². The van der Waals surface area contributed by atoms with Crippen molar-refractivity contribution in [3.05, 3.63) is 36.6 Å². The number of carbonyl (C=O) groups is 1. The number of aromatic amines is 1. The van der Waals surface area contributed by atoms with Crippen molar-refractivity contribution in [1.82, 2.24) is 9.97 Å². The maximum atomic E-state index is 11.5. The van der Waals surface area contributed by atoms with Gasteiger partial charge in [-0.2, -0.15) is 0 Å². The van der Waals surface area contributed by atoms with Gasteiger partial charge in [0.05, 0.1) is 12.6 Å². The molecule has 1 atom stereocenters. The zero-order valence-corrected chi connectivity index (χ0v) is 8.42. The Balaban J connectivity index is 1.90. The molecule has 0 unspecified atom stereocenters. The molecule has 6 heteroatoms. The molecule has 2 aromatic heterocycles. The molecule has 2 heterocycles. The summed E-state index contributed by atoms with van der Waals surface area (Å²) in [6.07, 6.45) is 4.91. The second kappa shape index (κ2) is 4.63. The van der Waals surface area contributed by atoms with Crippen molar-refractivity contribution in [1.29, 1.82) is 0 Å². The minimum Gasteiger partial charge on any atom is -0.434 e. The van der Waals surface area contributed by atoms with Crippen molar-refractivity contribution in [3.8, 4) is 5.95 Å². The Morgan fingerprint density at radius 1 is 1.69 bits per heavy atom. The van der Waals surface area contributed by atoms with Gasteiger partial charge in [0.2, 0.25) is 0 Å². The number of hydrogen-bond donors (Lipinski definition) is 2. The van der Waals surface area contributed by atoms with Crippen LogP contribution in [-0.4, -0.2) is 22.0 Å². The van der Waals surface area contributed by atoms with Gasteiger partial charge < -0.3 is 19.9 Å². The van der Waals surface area contributed by atoms with Gasteiger partial charge in [-0.1, -0.05) is 0 Å². The topological polar surface area (TPSA) is 94.1 Å². The van der Waals surface area contributed by atoms with Gasteiger partial charge in [-0.3, -0.25) is 0 Å². The van der Waals surface area contributed by atoms with Crippen molar-refractivity contribution in [3.63, 3.8) is 0 Å². The Labute approximate surface area is 91.4 Å². The van der Waals surface area contributed by atoms with E-state index in [1.54, 1.807) is 18.3 Å². The maximum Gasteiger partial charge on any atom is 0.331 e. The molecule has 0 spiro atoms. The number of H-pyrrole nitrogens is 1. The summed E-state index contributed by atoms with van der Waals surface area (Å²) in [5.41, 5.74) is 6.44. The first-order valence-corrected chi connectivity index (χ1v) is 4.74. The minimum absolute atomic E-state index is 0.144. The number of nitrogens with two attached hydrogens (primary N) is 1. The summed E-state index contributed by atoms with van der Waals surface area (Å²) in [6, 6.07) is 2.43. The lowest BCUT2D eigenvalue weighted by atomic mass is 10.2. The fourth-order valence-corrected chi connectivity index (χ4v) is 1.21. The molecule has 0 saturated carbocycles. The van der Waals surface area contributed by atoms with Gasteiger partial charge in [-0.25, -0.2) is 9.78 Å². The summed E-state index contributed by atoms with van der Waals surface area (Å²) >= 11 is 0. The number of hydrogen-bond acceptors (Lipinski definition) is 5. The van der Waals surface area contributed by atoms with E-state index in [1.165, 1.54) is 12.6 Å². The zero-order chi connectivity index (χ0) is 11.4. The zero-order valence-electron chi connectivity index (χ0n) is 8.42. The maximum absolute atomic E-state index is 11.5. The first kappa shape index (κ1) is 10.4. The third kappa shape index (κ3) is 2.48. The van der Waals surface area contributed by atoms with E-state index in [9.17, 15) is 4.79 Å². The third-order valence-electron chi connectivity index (χ3n) is 1.99. The molecule has 0 aliphatic heterocycles. The molecule has 0 fully saturated rings. The first-order valence-electron chi connectivity index (χ1n) is 4.74. The highest BCUT2D eigenvalue weighted by atomic mass is 16.6. The molecule has 0 radical (unpaired) electrons. The number of rotatable bonds is 4. The lowest BCUT2D eigenvalue weighted by Gasteiger charge is -2.07. The van der Waals surface area contributed by atoms with Gasteiger partial charge in [0.25, 0.3) is 5.95 Å². The summed E-state index contributed by atoms with van der Waals surface area (Å²) in [4.78, 5) is 18.2. The molecule has 0 aliphatic rings. The summed E-state index contributed by atoms with van der Waals surface area (Å²) in [5, 5.41) is 0. The van der Waals surface area contributed by atoms with Crippen LogP contribution in [0.3, 0.4) is 0 Å². The van der Waals surface area contributed by atoms with E-state index in [2.05, 4.69) is 9.97 Å². The molecule has 16 heavy (non-hydrogen) atoms. The lowest BCUT2D eigenvalue weighted by molar-refractivity contribution is -0.137. The molecule has 0 bridgehead atoms. The minimum atomic E-state index is -0.745. The van der Waals surface area contributed by atoms with E-state index in [1.807, 2.05) is 0 Å². The van der Waals surface area contributed by atoms with Crippen LogP contribution in [-0.2, 0) is 11.2 Å². The number of nitrogens with zero attached hydrogens (tertiary/aromatic N) is 1. The lowest BCUT2D eigenvalue weighted by Crippen LogP contribution is -2.36. The van der Waals surface area contributed by atoms with Gasteiger partial charge in [0.1, 0.15) is 6.04 Å². The Kier molecular flexibility index (Phi) is 3.02. The largest absolute Gasteiger partial charge is 0.434 e. The first-order chi connectivity index (χ1) is 7.75. The number of nitrogens with one attached hydrogen (secondary N) is 1. The fourth-order valence-electron chi connectivity index (χ4n) is 1.21. The van der Waals surface area contributed by atoms with E-state index in [0.29, 0.717) is 6.42 Å². The Morgan fingerprint density at radius 2 is 2.56 bits per heavy atom. The molecule has 6 nitrogen and oxygen atoms in total. The van der Waals surface area contributed by atoms with Crippen LogP contribution < -0.4 is 10.5 Å². The van der Waals surface area contributed by atoms with E-state index < -0.39 is 12.0 Å². The van der Waals surface area contributed by atoms with Crippen molar-refractivity contribution in [2.24, 2.45) is 5.73 Å². The van der Waals surface area contributed by atoms with Gasteiger partial charge in [-0.05, 0) is 6.07 Å². The molecule has 0 saturated heterocycles. The highest BCUT2D eigenvalue weighted by Gasteiger charge is 2.18. The third-order valence-corrected chi connectivity index (χ3v) is 1.99. The molecular formula is C10H11N3O3. The molecule has 0 amide bonds. The van der Waals surface area contributed by atoms with E-state index in [4.69, 9.17) is 14.9 Å². The molecule has 0 aliphatic carbocycles. The van der Waals surface area contributed by atoms with Crippen LogP contribution in [0.25, 0.3) is 0 Å². The second-order valence-electron chi connectivity index (χ2n) is 3.24. The monoisotopic (exact) mass is 221 g/mol. The Hall–Kier alpha value is -2.08. The number of carbonyl (C=O) groups excluding carboxylic acids is 1. The summed E-state index contributed by atoms with van der Waals surface area (Å²) in [7, 11) is 0. The molecular weight excluding hydrogens is 210 g/mol. The van der Waals surface area contributed by atoms with Gasteiger partial charge >= 0.3 is 5.97 Å². The average Bonchev–Trinajstić information content (AvgIpc) is 2.90. The molecule has 2 rings (SSSR count). The van der Waals surface area contributed by atoms with Crippen molar-refractivity contribution in [2.75, 3.05) is 0 Å². The fraction of sp³-hybridized carbons (Fsp3) is 0.200. The number of furan rings is 1. The SMILES string of the molecule is N[C@@H](Cc1cnc[nH]1)C(=O)Oc1ccco1. The Bertz CT molecular complexity index is 436. The summed E-state index contributed by atoms with van der Waals surface area (Å²) in [5.74, 6) is -0.394. The highest BCUT2D eigenvalue weighted by Crippen LogP contribution is 2.11. The van der Waals surface area contributed by atoms with Crippen molar-refractivity contribution in [2.45, 2.75) is 12.5 Å². The van der Waals surface area contributed by atoms with Gasteiger partial charge in [-0.15, -0.1) is 0 Å². The predicted octanol–water partition coefficient (Wildman–Crippen LogP) is 0.478. The molecule has 84 valence electrons. The van der Waals surface area contributed by atoms with E-state index in [-0.39, 0.29) is 5.95 Å². The predicted molar refractivity (Wildman–Crippen MR) is 54.6 cm³/mol. The summed E-state index contributed by atoms with van der Waals surface area (Å²) < 4.78 is 9.77. The number of imidazole rings is 1. The molecule has 3 N–H and O–H groups in total. The van der Waals surface area contributed by atoms with Gasteiger partial charge in [0, 0.05) is 24.4 Å². The second-order valence-corrected chi connectivity index (χ2v) is 3.24. The van der Waals surface area contributed by atoms with Crippen molar-refractivity contribution >= 4 is 5.97 Å². The van der Waals surface area contributed by atoms with Crippen LogP contribution in [0.5, 0.6) is 5.95 Å². The number of ether oxygens (including phenoxy) is 1. The number of aromatic nitrogens is 2. The van der Waals surface area contributed by atoms with E-state index >= 15 is 0 Å². The van der Waals surface area contributed by atoms with Crippen LogP contribution in [0.1, 0.15) is 5.69 Å². The van der Waals surface area contributed by atoms with Crippen LogP contribution in [0.15, 0.2) is 35.3 Å². The normalized spacial score (nSPS) is 12.3. The quantitative estimate of drug-likeness (QED) is 0.732. The Morgan fingerprint density at radius 3 is 3.19 bits per heavy atom.